The minimum atomic E-state index is -1.04. The Balaban J connectivity index is 2.19. The first-order valence-corrected chi connectivity index (χ1v) is 6.13. The number of aryl methyl sites for hydroxylation is 1. The highest BCUT2D eigenvalue weighted by molar-refractivity contribution is 6.01. The number of hydrogen-bond acceptors (Lipinski definition) is 2. The van der Waals surface area contributed by atoms with Gasteiger partial charge in [0.1, 0.15) is 0 Å². The van der Waals surface area contributed by atoms with Gasteiger partial charge in [0.2, 0.25) is 0 Å². The normalized spacial score (nSPS) is 14.3. The molecule has 1 aliphatic rings. The van der Waals surface area contributed by atoms with Crippen LogP contribution >= 0.6 is 0 Å². The van der Waals surface area contributed by atoms with E-state index in [9.17, 15) is 14.7 Å². The van der Waals surface area contributed by atoms with Crippen LogP contribution in [-0.2, 0) is 0 Å². The van der Waals surface area contributed by atoms with Crippen molar-refractivity contribution in [3.8, 4) is 0 Å². The van der Waals surface area contributed by atoms with Crippen LogP contribution in [-0.4, -0.2) is 35.1 Å². The SMILES string of the molecule is Cc1cccc(NC(=O)N2CC=CCC2)c1C(=O)O. The fourth-order valence-corrected chi connectivity index (χ4v) is 2.08. The number of carbonyl (C=O) groups excluding carboxylic acids is 1. The summed E-state index contributed by atoms with van der Waals surface area (Å²) in [6.07, 6.45) is 4.78. The van der Waals surface area contributed by atoms with E-state index in [1.807, 2.05) is 12.2 Å². The number of anilines is 1. The first kappa shape index (κ1) is 13.1. The Morgan fingerprint density at radius 2 is 2.11 bits per heavy atom. The number of hydrogen-bond donors (Lipinski definition) is 2. The van der Waals surface area contributed by atoms with Gasteiger partial charge in [-0.3, -0.25) is 0 Å². The van der Waals surface area contributed by atoms with Crippen LogP contribution in [0, 0.1) is 6.92 Å². The molecule has 2 rings (SSSR count). The van der Waals surface area contributed by atoms with Crippen molar-refractivity contribution >= 4 is 17.7 Å². The van der Waals surface area contributed by atoms with Crippen LogP contribution in [0.25, 0.3) is 0 Å². The monoisotopic (exact) mass is 260 g/mol. The van der Waals surface area contributed by atoms with E-state index >= 15 is 0 Å². The summed E-state index contributed by atoms with van der Waals surface area (Å²) < 4.78 is 0. The van der Waals surface area contributed by atoms with Gasteiger partial charge in [0, 0.05) is 13.1 Å². The molecule has 0 bridgehead atoms. The van der Waals surface area contributed by atoms with E-state index in [0.29, 0.717) is 24.3 Å². The summed E-state index contributed by atoms with van der Waals surface area (Å²) in [5.41, 5.74) is 1.11. The fraction of sp³-hybridized carbons (Fsp3) is 0.286. The number of benzene rings is 1. The fourth-order valence-electron chi connectivity index (χ4n) is 2.08. The van der Waals surface area contributed by atoms with Crippen LogP contribution in [0.2, 0.25) is 0 Å². The Morgan fingerprint density at radius 1 is 1.32 bits per heavy atom. The van der Waals surface area contributed by atoms with Crippen molar-refractivity contribution in [2.75, 3.05) is 18.4 Å². The second kappa shape index (κ2) is 5.56. The van der Waals surface area contributed by atoms with Crippen molar-refractivity contribution in [2.45, 2.75) is 13.3 Å². The van der Waals surface area contributed by atoms with Crippen molar-refractivity contribution in [2.24, 2.45) is 0 Å². The predicted octanol–water partition coefficient (Wildman–Crippen LogP) is 2.49. The van der Waals surface area contributed by atoms with Gasteiger partial charge in [0.25, 0.3) is 0 Å². The van der Waals surface area contributed by atoms with Gasteiger partial charge >= 0.3 is 12.0 Å². The maximum atomic E-state index is 12.0. The standard InChI is InChI=1S/C14H16N2O3/c1-10-6-5-7-11(12(10)13(17)18)15-14(19)16-8-3-2-4-9-16/h2-3,5-7H,4,8-9H2,1H3,(H,15,19)(H,17,18). The number of aromatic carboxylic acids is 1. The second-order valence-corrected chi connectivity index (χ2v) is 4.44. The molecule has 1 aromatic rings. The molecule has 2 N–H and O–H groups in total. The molecule has 1 aromatic carbocycles. The predicted molar refractivity (Wildman–Crippen MR) is 72.5 cm³/mol. The minimum absolute atomic E-state index is 0.142. The first-order valence-electron chi connectivity index (χ1n) is 6.13. The molecular weight excluding hydrogens is 244 g/mol. The number of nitrogens with zero attached hydrogens (tertiary/aromatic N) is 1. The molecular formula is C14H16N2O3. The highest BCUT2D eigenvalue weighted by Gasteiger charge is 2.18. The van der Waals surface area contributed by atoms with E-state index < -0.39 is 5.97 Å². The molecule has 0 unspecified atom stereocenters. The van der Waals surface area contributed by atoms with E-state index in [2.05, 4.69) is 5.32 Å². The number of carbonyl (C=O) groups is 2. The molecule has 1 heterocycles. The van der Waals surface area contributed by atoms with Crippen molar-refractivity contribution in [1.29, 1.82) is 0 Å². The molecule has 5 nitrogen and oxygen atoms in total. The zero-order valence-corrected chi connectivity index (χ0v) is 10.7. The quantitative estimate of drug-likeness (QED) is 0.803. The number of carboxylic acids is 1. The van der Waals surface area contributed by atoms with Gasteiger partial charge in [-0.25, -0.2) is 9.59 Å². The summed E-state index contributed by atoms with van der Waals surface area (Å²) in [5.74, 6) is -1.04. The minimum Gasteiger partial charge on any atom is -0.478 e. The van der Waals surface area contributed by atoms with E-state index in [1.54, 1.807) is 30.0 Å². The number of rotatable bonds is 2. The van der Waals surface area contributed by atoms with Crippen molar-refractivity contribution in [1.82, 2.24) is 4.90 Å². The molecule has 0 spiro atoms. The van der Waals surface area contributed by atoms with Gasteiger partial charge in [0.15, 0.2) is 0 Å². The van der Waals surface area contributed by atoms with E-state index in [4.69, 9.17) is 0 Å². The second-order valence-electron chi connectivity index (χ2n) is 4.44. The maximum Gasteiger partial charge on any atom is 0.338 e. The van der Waals surface area contributed by atoms with E-state index in [0.717, 1.165) is 6.42 Å². The van der Waals surface area contributed by atoms with Gasteiger partial charge in [-0.15, -0.1) is 0 Å². The van der Waals surface area contributed by atoms with Crippen LogP contribution in [0.4, 0.5) is 10.5 Å². The van der Waals surface area contributed by atoms with E-state index in [1.165, 1.54) is 0 Å². The van der Waals surface area contributed by atoms with Gasteiger partial charge in [-0.05, 0) is 25.0 Å². The Bertz CT molecular complexity index is 537. The molecule has 19 heavy (non-hydrogen) atoms. The Kier molecular flexibility index (Phi) is 3.85. The molecule has 0 atom stereocenters. The number of carboxylic acid groups (broad SMARTS) is 1. The summed E-state index contributed by atoms with van der Waals surface area (Å²) in [6.45, 7) is 2.92. The summed E-state index contributed by atoms with van der Waals surface area (Å²) in [4.78, 5) is 24.9. The highest BCUT2D eigenvalue weighted by Crippen LogP contribution is 2.20. The Hall–Kier alpha value is -2.30. The summed E-state index contributed by atoms with van der Waals surface area (Å²) in [6, 6.07) is 4.78. The van der Waals surface area contributed by atoms with E-state index in [-0.39, 0.29) is 11.6 Å². The lowest BCUT2D eigenvalue weighted by Crippen LogP contribution is -2.37. The lowest BCUT2D eigenvalue weighted by Gasteiger charge is -2.24. The molecule has 0 fully saturated rings. The van der Waals surface area contributed by atoms with Gasteiger partial charge in [-0.2, -0.15) is 0 Å². The number of amides is 2. The zero-order valence-electron chi connectivity index (χ0n) is 10.7. The molecule has 0 saturated heterocycles. The largest absolute Gasteiger partial charge is 0.478 e. The molecule has 0 radical (unpaired) electrons. The van der Waals surface area contributed by atoms with Crippen LogP contribution in [0.1, 0.15) is 22.3 Å². The smallest absolute Gasteiger partial charge is 0.338 e. The maximum absolute atomic E-state index is 12.0. The van der Waals surface area contributed by atoms with Crippen LogP contribution in [0.5, 0.6) is 0 Å². The molecule has 0 aliphatic carbocycles. The first-order chi connectivity index (χ1) is 9.09. The third kappa shape index (κ3) is 2.93. The average Bonchev–Trinajstić information content (AvgIpc) is 2.39. The van der Waals surface area contributed by atoms with Gasteiger partial charge in [0.05, 0.1) is 11.3 Å². The van der Waals surface area contributed by atoms with Gasteiger partial charge in [-0.1, -0.05) is 24.3 Å². The van der Waals surface area contributed by atoms with Crippen LogP contribution < -0.4 is 5.32 Å². The van der Waals surface area contributed by atoms with Crippen molar-refractivity contribution < 1.29 is 14.7 Å². The number of urea groups is 1. The third-order valence-electron chi connectivity index (χ3n) is 3.07. The van der Waals surface area contributed by atoms with Crippen LogP contribution in [0.15, 0.2) is 30.4 Å². The topological polar surface area (TPSA) is 69.6 Å². The van der Waals surface area contributed by atoms with Gasteiger partial charge < -0.3 is 15.3 Å². The summed E-state index contributed by atoms with van der Waals surface area (Å²) in [7, 11) is 0. The molecule has 100 valence electrons. The lowest BCUT2D eigenvalue weighted by atomic mass is 10.1. The Morgan fingerprint density at radius 3 is 2.74 bits per heavy atom. The van der Waals surface area contributed by atoms with Crippen LogP contribution in [0.3, 0.4) is 0 Å². The lowest BCUT2D eigenvalue weighted by molar-refractivity contribution is 0.0697. The summed E-state index contributed by atoms with van der Waals surface area (Å²) >= 11 is 0. The number of nitrogens with one attached hydrogen (secondary N) is 1. The molecule has 0 aromatic heterocycles. The molecule has 5 heteroatoms. The van der Waals surface area contributed by atoms with Crippen molar-refractivity contribution in [3.63, 3.8) is 0 Å². The summed E-state index contributed by atoms with van der Waals surface area (Å²) in [5, 5.41) is 11.9. The Labute approximate surface area is 111 Å². The molecule has 2 amide bonds. The average molecular weight is 260 g/mol. The van der Waals surface area contributed by atoms with Crippen molar-refractivity contribution in [3.05, 3.63) is 41.5 Å². The third-order valence-corrected chi connectivity index (χ3v) is 3.07. The molecule has 1 aliphatic heterocycles. The highest BCUT2D eigenvalue weighted by atomic mass is 16.4. The zero-order chi connectivity index (χ0) is 13.8. The molecule has 0 saturated carbocycles.